The fourth-order valence-corrected chi connectivity index (χ4v) is 3.41. The lowest BCUT2D eigenvalue weighted by Gasteiger charge is -2.15. The van der Waals surface area contributed by atoms with Gasteiger partial charge in [-0.05, 0) is 32.4 Å². The summed E-state index contributed by atoms with van der Waals surface area (Å²) in [5.41, 5.74) is 1.04. The Hall–Kier alpha value is -2.28. The van der Waals surface area contributed by atoms with Gasteiger partial charge in [0.15, 0.2) is 17.6 Å². The molecule has 7 heteroatoms. The van der Waals surface area contributed by atoms with Crippen LogP contribution >= 0.6 is 11.3 Å². The van der Waals surface area contributed by atoms with Crippen molar-refractivity contribution in [3.63, 3.8) is 0 Å². The van der Waals surface area contributed by atoms with Gasteiger partial charge in [-0.1, -0.05) is 6.92 Å². The second-order valence-corrected chi connectivity index (χ2v) is 6.74. The molecule has 1 aromatic heterocycles. The summed E-state index contributed by atoms with van der Waals surface area (Å²) in [7, 11) is 0. The summed E-state index contributed by atoms with van der Waals surface area (Å²) in [6, 6.07) is 5.27. The number of thiazole rings is 1. The fraction of sp³-hybridized carbons (Fsp3) is 0.412. The summed E-state index contributed by atoms with van der Waals surface area (Å²) in [6.07, 6.45) is 0.253. The summed E-state index contributed by atoms with van der Waals surface area (Å²) in [6.45, 7) is 6.44. The normalized spacial score (nSPS) is 13.6. The largest absolute Gasteiger partial charge is 0.481 e. The smallest absolute Gasteiger partial charge is 0.261 e. The van der Waals surface area contributed by atoms with Gasteiger partial charge >= 0.3 is 0 Å². The number of rotatable bonds is 6. The Morgan fingerprint density at radius 1 is 1.42 bits per heavy atom. The van der Waals surface area contributed by atoms with Gasteiger partial charge in [0.05, 0.1) is 17.2 Å². The predicted octanol–water partition coefficient (Wildman–Crippen LogP) is 2.83. The van der Waals surface area contributed by atoms with Crippen LogP contribution in [0.2, 0.25) is 0 Å². The summed E-state index contributed by atoms with van der Waals surface area (Å²) in [5, 5.41) is 3.92. The van der Waals surface area contributed by atoms with E-state index in [0.717, 1.165) is 22.0 Å². The van der Waals surface area contributed by atoms with Crippen LogP contribution in [-0.2, 0) is 17.8 Å². The van der Waals surface area contributed by atoms with Gasteiger partial charge in [0.1, 0.15) is 5.75 Å². The van der Waals surface area contributed by atoms with Gasteiger partial charge in [0.25, 0.3) is 5.91 Å². The van der Waals surface area contributed by atoms with Gasteiger partial charge in [0.2, 0.25) is 6.79 Å². The molecular formula is C17H20N2O4S. The number of nitrogens with zero attached hydrogens (tertiary/aromatic N) is 1. The van der Waals surface area contributed by atoms with E-state index in [1.165, 1.54) is 0 Å². The number of aromatic nitrogens is 1. The first-order valence-electron chi connectivity index (χ1n) is 7.86. The molecule has 0 fully saturated rings. The highest BCUT2D eigenvalue weighted by atomic mass is 32.1. The first kappa shape index (κ1) is 16.6. The molecule has 6 nitrogen and oxygen atoms in total. The molecule has 1 N–H and O–H groups in total. The van der Waals surface area contributed by atoms with E-state index >= 15 is 0 Å². The molecule has 3 rings (SSSR count). The monoisotopic (exact) mass is 348 g/mol. The van der Waals surface area contributed by atoms with Crippen LogP contribution in [-0.4, -0.2) is 23.8 Å². The van der Waals surface area contributed by atoms with Crippen LogP contribution in [0.15, 0.2) is 18.2 Å². The van der Waals surface area contributed by atoms with Crippen molar-refractivity contribution in [2.75, 3.05) is 6.79 Å². The number of fused-ring (bicyclic) bond motifs is 1. The lowest BCUT2D eigenvalue weighted by atomic mass is 10.2. The number of carbonyl (C=O) groups excluding carboxylic acids is 1. The summed E-state index contributed by atoms with van der Waals surface area (Å²) >= 11 is 1.61. The van der Waals surface area contributed by atoms with E-state index < -0.39 is 6.10 Å². The van der Waals surface area contributed by atoms with Crippen LogP contribution in [0.4, 0.5) is 0 Å². The van der Waals surface area contributed by atoms with E-state index in [-0.39, 0.29) is 12.7 Å². The molecule has 1 aliphatic rings. The third-order valence-corrected chi connectivity index (χ3v) is 4.68. The Morgan fingerprint density at radius 2 is 2.21 bits per heavy atom. The highest BCUT2D eigenvalue weighted by Crippen LogP contribution is 2.35. The van der Waals surface area contributed by atoms with Crippen LogP contribution in [0.25, 0.3) is 0 Å². The van der Waals surface area contributed by atoms with Crippen molar-refractivity contribution in [2.45, 2.75) is 39.8 Å². The van der Waals surface area contributed by atoms with Crippen molar-refractivity contribution < 1.29 is 19.0 Å². The number of aryl methyl sites for hydroxylation is 2. The van der Waals surface area contributed by atoms with Crippen molar-refractivity contribution in [1.29, 1.82) is 0 Å². The molecule has 1 unspecified atom stereocenters. The Morgan fingerprint density at radius 3 is 3.00 bits per heavy atom. The summed E-state index contributed by atoms with van der Waals surface area (Å²) in [5.74, 6) is 1.73. The second kappa shape index (κ2) is 7.09. The molecule has 2 aromatic rings. The predicted molar refractivity (Wildman–Crippen MR) is 90.7 cm³/mol. The Bertz CT molecular complexity index is 744. The topological polar surface area (TPSA) is 69.7 Å². The van der Waals surface area contributed by atoms with Crippen LogP contribution < -0.4 is 19.5 Å². The number of ether oxygens (including phenoxy) is 3. The van der Waals surface area contributed by atoms with E-state index in [0.29, 0.717) is 23.8 Å². The van der Waals surface area contributed by atoms with Crippen molar-refractivity contribution >= 4 is 17.2 Å². The highest BCUT2D eigenvalue weighted by molar-refractivity contribution is 7.11. The average molecular weight is 348 g/mol. The SMILES string of the molecule is CCc1nc(C)sc1CNC(=O)C(C)Oc1ccc2c(c1)OCO2. The van der Waals surface area contributed by atoms with Crippen molar-refractivity contribution in [1.82, 2.24) is 10.3 Å². The molecule has 1 aromatic carbocycles. The molecule has 0 saturated heterocycles. The molecule has 0 radical (unpaired) electrons. The molecule has 0 spiro atoms. The zero-order valence-corrected chi connectivity index (χ0v) is 14.7. The third-order valence-electron chi connectivity index (χ3n) is 3.67. The highest BCUT2D eigenvalue weighted by Gasteiger charge is 2.18. The number of amides is 1. The van der Waals surface area contributed by atoms with Gasteiger partial charge in [-0.25, -0.2) is 4.98 Å². The lowest BCUT2D eigenvalue weighted by Crippen LogP contribution is -2.35. The summed E-state index contributed by atoms with van der Waals surface area (Å²) < 4.78 is 16.3. The average Bonchev–Trinajstić information content (AvgIpc) is 3.17. The van der Waals surface area contributed by atoms with Gasteiger partial charge < -0.3 is 19.5 Å². The number of hydrogen-bond donors (Lipinski definition) is 1. The van der Waals surface area contributed by atoms with Gasteiger partial charge in [0, 0.05) is 10.9 Å². The lowest BCUT2D eigenvalue weighted by molar-refractivity contribution is -0.127. The molecule has 24 heavy (non-hydrogen) atoms. The van der Waals surface area contributed by atoms with Crippen LogP contribution in [0.3, 0.4) is 0 Å². The maximum atomic E-state index is 12.3. The Kier molecular flexibility index (Phi) is 4.89. The van der Waals surface area contributed by atoms with E-state index in [4.69, 9.17) is 14.2 Å². The van der Waals surface area contributed by atoms with Crippen molar-refractivity contribution in [3.8, 4) is 17.2 Å². The fourth-order valence-electron chi connectivity index (χ4n) is 2.45. The van der Waals surface area contributed by atoms with Gasteiger partial charge in [-0.2, -0.15) is 0 Å². The van der Waals surface area contributed by atoms with E-state index in [1.54, 1.807) is 36.5 Å². The molecule has 0 aliphatic carbocycles. The van der Waals surface area contributed by atoms with Crippen LogP contribution in [0, 0.1) is 6.92 Å². The van der Waals surface area contributed by atoms with E-state index in [1.807, 2.05) is 6.92 Å². The minimum Gasteiger partial charge on any atom is -0.481 e. The quantitative estimate of drug-likeness (QED) is 0.869. The minimum atomic E-state index is -0.607. The molecular weight excluding hydrogens is 328 g/mol. The van der Waals surface area contributed by atoms with E-state index in [9.17, 15) is 4.79 Å². The zero-order valence-electron chi connectivity index (χ0n) is 13.9. The molecule has 128 valence electrons. The number of carbonyl (C=O) groups is 1. The van der Waals surface area contributed by atoms with Gasteiger partial charge in [-0.15, -0.1) is 11.3 Å². The molecule has 0 bridgehead atoms. The third kappa shape index (κ3) is 3.62. The standard InChI is InChI=1S/C17H20N2O4S/c1-4-13-16(24-11(3)19-13)8-18-17(20)10(2)23-12-5-6-14-15(7-12)22-9-21-14/h5-7,10H,4,8-9H2,1-3H3,(H,18,20). The molecule has 1 aliphatic heterocycles. The van der Waals surface area contributed by atoms with Crippen LogP contribution in [0.1, 0.15) is 29.4 Å². The minimum absolute atomic E-state index is 0.166. The first-order valence-corrected chi connectivity index (χ1v) is 8.67. The summed E-state index contributed by atoms with van der Waals surface area (Å²) in [4.78, 5) is 17.8. The molecule has 0 saturated carbocycles. The Balaban J connectivity index is 1.56. The van der Waals surface area contributed by atoms with Crippen molar-refractivity contribution in [2.24, 2.45) is 0 Å². The first-order chi connectivity index (χ1) is 11.6. The number of benzene rings is 1. The zero-order chi connectivity index (χ0) is 17.1. The molecule has 1 amide bonds. The molecule has 1 atom stereocenters. The van der Waals surface area contributed by atoms with Gasteiger partial charge in [-0.3, -0.25) is 4.79 Å². The maximum Gasteiger partial charge on any atom is 0.261 e. The number of nitrogens with one attached hydrogen (secondary N) is 1. The van der Waals surface area contributed by atoms with Crippen molar-refractivity contribution in [3.05, 3.63) is 33.8 Å². The van der Waals surface area contributed by atoms with Crippen LogP contribution in [0.5, 0.6) is 17.2 Å². The number of hydrogen-bond acceptors (Lipinski definition) is 6. The maximum absolute atomic E-state index is 12.3. The Labute approximate surface area is 144 Å². The second-order valence-electron chi connectivity index (χ2n) is 5.45. The molecule has 2 heterocycles. The van der Waals surface area contributed by atoms with E-state index in [2.05, 4.69) is 17.2 Å².